The lowest BCUT2D eigenvalue weighted by Gasteiger charge is -2.32. The highest BCUT2D eigenvalue weighted by molar-refractivity contribution is 5.34. The van der Waals surface area contributed by atoms with E-state index < -0.39 is 0 Å². The van der Waals surface area contributed by atoms with Gasteiger partial charge in [0, 0.05) is 6.04 Å². The molecule has 0 aromatic heterocycles. The van der Waals surface area contributed by atoms with Crippen LogP contribution in [-0.2, 0) is 6.42 Å². The first kappa shape index (κ1) is 10.3. The molecule has 1 aromatic carbocycles. The number of nitrogens with one attached hydrogen (secondary N) is 1. The lowest BCUT2D eigenvalue weighted by atomic mass is 9.77. The van der Waals surface area contributed by atoms with Crippen molar-refractivity contribution >= 4 is 0 Å². The standard InChI is InChI=1S/C15H21N/c1-16-15(12-9-10-12)14-8-4-6-11-5-2-3-7-13(11)14/h2-3,5,7,12,14-16H,4,6,8-10H2,1H3. The Bertz CT molecular complexity index is 367. The number of hydrogen-bond donors (Lipinski definition) is 1. The van der Waals surface area contributed by atoms with Crippen molar-refractivity contribution in [2.45, 2.75) is 44.1 Å². The summed E-state index contributed by atoms with van der Waals surface area (Å²) < 4.78 is 0. The molecular weight excluding hydrogens is 194 g/mol. The van der Waals surface area contributed by atoms with Gasteiger partial charge < -0.3 is 5.32 Å². The molecule has 0 spiro atoms. The second kappa shape index (κ2) is 4.21. The van der Waals surface area contributed by atoms with Crippen molar-refractivity contribution in [1.82, 2.24) is 5.32 Å². The van der Waals surface area contributed by atoms with E-state index in [2.05, 4.69) is 36.6 Å². The average molecular weight is 215 g/mol. The Morgan fingerprint density at radius 1 is 1.19 bits per heavy atom. The molecule has 0 saturated heterocycles. The van der Waals surface area contributed by atoms with E-state index in [0.29, 0.717) is 0 Å². The summed E-state index contributed by atoms with van der Waals surface area (Å²) in [6, 6.07) is 9.79. The van der Waals surface area contributed by atoms with Crippen LogP contribution in [0.5, 0.6) is 0 Å². The molecule has 1 fully saturated rings. The van der Waals surface area contributed by atoms with Gasteiger partial charge in [-0.3, -0.25) is 0 Å². The third kappa shape index (κ3) is 1.78. The number of fused-ring (bicyclic) bond motifs is 1. The molecule has 1 heteroatoms. The second-order valence-corrected chi connectivity index (χ2v) is 5.35. The summed E-state index contributed by atoms with van der Waals surface area (Å²) in [4.78, 5) is 0. The van der Waals surface area contributed by atoms with E-state index in [4.69, 9.17) is 0 Å². The van der Waals surface area contributed by atoms with Gasteiger partial charge in [0.2, 0.25) is 0 Å². The monoisotopic (exact) mass is 215 g/mol. The van der Waals surface area contributed by atoms with Crippen molar-refractivity contribution in [2.24, 2.45) is 5.92 Å². The fourth-order valence-electron chi connectivity index (χ4n) is 3.39. The molecule has 1 saturated carbocycles. The molecule has 3 rings (SSSR count). The van der Waals surface area contributed by atoms with Crippen LogP contribution in [0.4, 0.5) is 0 Å². The maximum absolute atomic E-state index is 3.57. The van der Waals surface area contributed by atoms with Crippen molar-refractivity contribution in [3.8, 4) is 0 Å². The van der Waals surface area contributed by atoms with Crippen molar-refractivity contribution in [3.05, 3.63) is 35.4 Å². The molecule has 1 aromatic rings. The topological polar surface area (TPSA) is 12.0 Å². The highest BCUT2D eigenvalue weighted by atomic mass is 14.9. The predicted octanol–water partition coefficient (Wildman–Crippen LogP) is 3.10. The summed E-state index contributed by atoms with van der Waals surface area (Å²) in [5, 5.41) is 3.57. The van der Waals surface area contributed by atoms with E-state index in [-0.39, 0.29) is 0 Å². The minimum atomic E-state index is 0.724. The Morgan fingerprint density at radius 2 is 2.00 bits per heavy atom. The molecule has 2 atom stereocenters. The van der Waals surface area contributed by atoms with E-state index >= 15 is 0 Å². The van der Waals surface area contributed by atoms with Gasteiger partial charge in [-0.05, 0) is 62.1 Å². The molecular formula is C15H21N. The lowest BCUT2D eigenvalue weighted by Crippen LogP contribution is -2.35. The van der Waals surface area contributed by atoms with Gasteiger partial charge in [0.25, 0.3) is 0 Å². The van der Waals surface area contributed by atoms with Crippen LogP contribution in [-0.4, -0.2) is 13.1 Å². The maximum Gasteiger partial charge on any atom is 0.0161 e. The highest BCUT2D eigenvalue weighted by Crippen LogP contribution is 2.43. The molecule has 0 aliphatic heterocycles. The summed E-state index contributed by atoms with van der Waals surface area (Å²) in [6.07, 6.45) is 6.90. The summed E-state index contributed by atoms with van der Waals surface area (Å²) in [5.41, 5.74) is 3.22. The van der Waals surface area contributed by atoms with Crippen molar-refractivity contribution < 1.29 is 0 Å². The summed E-state index contributed by atoms with van der Waals surface area (Å²) in [6.45, 7) is 0. The van der Waals surface area contributed by atoms with Gasteiger partial charge in [-0.2, -0.15) is 0 Å². The molecule has 0 heterocycles. The van der Waals surface area contributed by atoms with E-state index in [1.54, 1.807) is 11.1 Å². The third-order valence-corrected chi connectivity index (χ3v) is 4.31. The van der Waals surface area contributed by atoms with E-state index in [0.717, 1.165) is 17.9 Å². The van der Waals surface area contributed by atoms with Crippen LogP contribution in [0.15, 0.2) is 24.3 Å². The maximum atomic E-state index is 3.57. The Labute approximate surface area is 98.3 Å². The fourth-order valence-corrected chi connectivity index (χ4v) is 3.39. The smallest absolute Gasteiger partial charge is 0.0161 e. The van der Waals surface area contributed by atoms with Gasteiger partial charge in [0.05, 0.1) is 0 Å². The van der Waals surface area contributed by atoms with Gasteiger partial charge in [-0.1, -0.05) is 24.3 Å². The van der Waals surface area contributed by atoms with E-state index in [9.17, 15) is 0 Å². The average Bonchev–Trinajstić information content (AvgIpc) is 3.15. The number of hydrogen-bond acceptors (Lipinski definition) is 1. The Kier molecular flexibility index (Phi) is 2.72. The molecule has 2 aliphatic rings. The zero-order valence-corrected chi connectivity index (χ0v) is 10.1. The fraction of sp³-hybridized carbons (Fsp3) is 0.600. The Morgan fingerprint density at radius 3 is 2.75 bits per heavy atom. The van der Waals surface area contributed by atoms with Crippen LogP contribution >= 0.6 is 0 Å². The zero-order valence-electron chi connectivity index (χ0n) is 10.1. The molecule has 1 N–H and O–H groups in total. The quantitative estimate of drug-likeness (QED) is 0.817. The van der Waals surface area contributed by atoms with Gasteiger partial charge >= 0.3 is 0 Å². The normalized spacial score (nSPS) is 26.2. The number of benzene rings is 1. The summed E-state index contributed by atoms with van der Waals surface area (Å²) in [7, 11) is 2.14. The molecule has 0 bridgehead atoms. The van der Waals surface area contributed by atoms with Crippen LogP contribution in [0.1, 0.15) is 42.7 Å². The molecule has 2 aliphatic carbocycles. The number of aryl methyl sites for hydroxylation is 1. The Hall–Kier alpha value is -0.820. The first-order valence-corrected chi connectivity index (χ1v) is 6.65. The lowest BCUT2D eigenvalue weighted by molar-refractivity contribution is 0.379. The van der Waals surface area contributed by atoms with E-state index in [1.807, 2.05) is 0 Å². The van der Waals surface area contributed by atoms with Crippen LogP contribution in [0.3, 0.4) is 0 Å². The molecule has 0 amide bonds. The Balaban J connectivity index is 1.90. The van der Waals surface area contributed by atoms with Crippen LogP contribution in [0, 0.1) is 5.92 Å². The van der Waals surface area contributed by atoms with Crippen molar-refractivity contribution in [2.75, 3.05) is 7.05 Å². The second-order valence-electron chi connectivity index (χ2n) is 5.35. The largest absolute Gasteiger partial charge is 0.316 e. The van der Waals surface area contributed by atoms with Gasteiger partial charge in [-0.15, -0.1) is 0 Å². The number of rotatable bonds is 3. The molecule has 86 valence electrons. The third-order valence-electron chi connectivity index (χ3n) is 4.31. The predicted molar refractivity (Wildman–Crippen MR) is 67.7 cm³/mol. The first-order valence-electron chi connectivity index (χ1n) is 6.65. The molecule has 2 unspecified atom stereocenters. The highest BCUT2D eigenvalue weighted by Gasteiger charge is 2.37. The minimum Gasteiger partial charge on any atom is -0.316 e. The molecule has 0 radical (unpaired) electrons. The van der Waals surface area contributed by atoms with Gasteiger partial charge in [-0.25, -0.2) is 0 Å². The minimum absolute atomic E-state index is 0.724. The molecule has 1 nitrogen and oxygen atoms in total. The first-order chi connectivity index (χ1) is 7.90. The van der Waals surface area contributed by atoms with Crippen molar-refractivity contribution in [3.63, 3.8) is 0 Å². The SMILES string of the molecule is CNC(C1CC1)C1CCCc2ccccc21. The van der Waals surface area contributed by atoms with Crippen LogP contribution < -0.4 is 5.32 Å². The van der Waals surface area contributed by atoms with Gasteiger partial charge in [0.15, 0.2) is 0 Å². The summed E-state index contributed by atoms with van der Waals surface area (Å²) >= 11 is 0. The van der Waals surface area contributed by atoms with Gasteiger partial charge in [0.1, 0.15) is 0 Å². The zero-order chi connectivity index (χ0) is 11.0. The number of likely N-dealkylation sites (N-methyl/N-ethyl adjacent to an activating group) is 1. The van der Waals surface area contributed by atoms with E-state index in [1.165, 1.54) is 32.1 Å². The summed E-state index contributed by atoms with van der Waals surface area (Å²) in [5.74, 6) is 1.71. The molecule has 16 heavy (non-hydrogen) atoms. The van der Waals surface area contributed by atoms with Crippen molar-refractivity contribution in [1.29, 1.82) is 0 Å². The van der Waals surface area contributed by atoms with Crippen LogP contribution in [0.2, 0.25) is 0 Å². The van der Waals surface area contributed by atoms with Crippen LogP contribution in [0.25, 0.3) is 0 Å².